The molecule has 0 aliphatic heterocycles. The van der Waals surface area contributed by atoms with Gasteiger partial charge in [-0.2, -0.15) is 5.26 Å². The van der Waals surface area contributed by atoms with Gasteiger partial charge in [0.1, 0.15) is 24.2 Å². The zero-order chi connectivity index (χ0) is 27.8. The van der Waals surface area contributed by atoms with E-state index in [2.05, 4.69) is 10.6 Å². The third kappa shape index (κ3) is 8.65. The zero-order valence-corrected chi connectivity index (χ0v) is 21.7. The maximum atomic E-state index is 13.7. The summed E-state index contributed by atoms with van der Waals surface area (Å²) in [6.07, 6.45) is -1.50. The summed E-state index contributed by atoms with van der Waals surface area (Å²) in [7, 11) is 0. The number of ether oxygens (including phenoxy) is 1. The summed E-state index contributed by atoms with van der Waals surface area (Å²) in [6, 6.07) is 13.3. The fraction of sp³-hybridized carbons (Fsp3) is 0.370. The van der Waals surface area contributed by atoms with Gasteiger partial charge in [-0.05, 0) is 51.8 Å². The number of alkyl carbamates (subject to hydrolysis) is 1. The third-order valence-corrected chi connectivity index (χ3v) is 5.24. The van der Waals surface area contributed by atoms with Crippen LogP contribution in [-0.4, -0.2) is 46.9 Å². The number of carbonyl (C=O) groups excluding carboxylic acids is 4. The van der Waals surface area contributed by atoms with Crippen molar-refractivity contribution in [2.24, 2.45) is 5.73 Å². The van der Waals surface area contributed by atoms with Gasteiger partial charge in [0.25, 0.3) is 5.91 Å². The Bertz CT molecular complexity index is 1200. The van der Waals surface area contributed by atoms with Gasteiger partial charge in [0.2, 0.25) is 11.8 Å². The number of carbonyl (C=O) groups is 4. The molecule has 2 aromatic rings. The van der Waals surface area contributed by atoms with Gasteiger partial charge in [0, 0.05) is 5.69 Å². The van der Waals surface area contributed by atoms with Crippen LogP contribution in [0.25, 0.3) is 0 Å². The second-order valence-electron chi connectivity index (χ2n) is 9.61. The van der Waals surface area contributed by atoms with E-state index in [9.17, 15) is 24.4 Å². The fourth-order valence-electron chi connectivity index (χ4n) is 3.65. The lowest BCUT2D eigenvalue weighted by molar-refractivity contribution is -0.141. The first-order valence-corrected chi connectivity index (χ1v) is 11.7. The number of nitrogens with zero attached hydrogens (tertiary/aromatic N) is 2. The van der Waals surface area contributed by atoms with Gasteiger partial charge in [-0.15, -0.1) is 0 Å². The Hall–Kier alpha value is -4.39. The molecule has 10 heteroatoms. The van der Waals surface area contributed by atoms with E-state index in [0.717, 1.165) is 16.0 Å². The number of rotatable bonds is 9. The van der Waals surface area contributed by atoms with Gasteiger partial charge in [-0.1, -0.05) is 48.0 Å². The minimum absolute atomic E-state index is 0.449. The number of hydrogen-bond donors (Lipinski definition) is 3. The smallest absolute Gasteiger partial charge is 0.408 e. The minimum Gasteiger partial charge on any atom is -0.444 e. The monoisotopic (exact) mass is 507 g/mol. The molecule has 0 radical (unpaired) electrons. The molecule has 4 N–H and O–H groups in total. The molecule has 0 heterocycles. The van der Waals surface area contributed by atoms with Crippen molar-refractivity contribution in [2.75, 3.05) is 11.9 Å². The van der Waals surface area contributed by atoms with E-state index in [-0.39, 0.29) is 0 Å². The van der Waals surface area contributed by atoms with E-state index in [1.54, 1.807) is 51.1 Å². The van der Waals surface area contributed by atoms with Crippen LogP contribution >= 0.6 is 0 Å². The van der Waals surface area contributed by atoms with Gasteiger partial charge in [0.15, 0.2) is 0 Å². The number of primary amides is 1. The Morgan fingerprint density at radius 3 is 2.32 bits per heavy atom. The average molecular weight is 508 g/mol. The molecule has 2 unspecified atom stereocenters. The number of nitrogens with two attached hydrogens (primary N) is 1. The van der Waals surface area contributed by atoms with Crippen molar-refractivity contribution in [1.29, 1.82) is 5.26 Å². The highest BCUT2D eigenvalue weighted by molar-refractivity contribution is 6.00. The summed E-state index contributed by atoms with van der Waals surface area (Å²) in [4.78, 5) is 52.6. The standard InChI is InChI=1S/C27H33N5O5/c1-17-9-8-11-19(15-17)23(24(34)30-20-12-7-6-10-18(20)2)32(14-13-28)25(35)21(16-22(29)33)31-26(36)37-27(3,4)5/h6-12,15,21,23H,14,16H2,1-5H3,(H2,29,33)(H,30,34)(H,31,36). The molecule has 2 aromatic carbocycles. The Kier molecular flexibility index (Phi) is 9.77. The molecule has 0 spiro atoms. The molecule has 0 bridgehead atoms. The third-order valence-electron chi connectivity index (χ3n) is 5.24. The molecule has 0 aliphatic carbocycles. The van der Waals surface area contributed by atoms with Crippen molar-refractivity contribution in [3.8, 4) is 6.07 Å². The molecular weight excluding hydrogens is 474 g/mol. The Morgan fingerprint density at radius 1 is 1.08 bits per heavy atom. The number of nitriles is 1. The van der Waals surface area contributed by atoms with Crippen LogP contribution in [0, 0.1) is 25.2 Å². The van der Waals surface area contributed by atoms with E-state index >= 15 is 0 Å². The number of aryl methyl sites for hydroxylation is 2. The van der Waals surface area contributed by atoms with Crippen LogP contribution < -0.4 is 16.4 Å². The van der Waals surface area contributed by atoms with Crippen LogP contribution in [0.5, 0.6) is 0 Å². The molecule has 0 fully saturated rings. The summed E-state index contributed by atoms with van der Waals surface area (Å²) in [5, 5.41) is 14.8. The van der Waals surface area contributed by atoms with Gasteiger partial charge in [-0.25, -0.2) is 4.79 Å². The first kappa shape index (κ1) is 28.8. The lowest BCUT2D eigenvalue weighted by Gasteiger charge is -2.33. The minimum atomic E-state index is -1.46. The number of amides is 4. The quantitative estimate of drug-likeness (QED) is 0.443. The van der Waals surface area contributed by atoms with Crippen LogP contribution in [-0.2, 0) is 19.1 Å². The SMILES string of the molecule is Cc1cccc(C(C(=O)Nc2ccccc2C)N(CC#N)C(=O)C(CC(N)=O)NC(=O)OC(C)(C)C)c1. The van der Waals surface area contributed by atoms with Gasteiger partial charge >= 0.3 is 6.09 Å². The predicted molar refractivity (Wildman–Crippen MR) is 138 cm³/mol. The van der Waals surface area contributed by atoms with Crippen molar-refractivity contribution in [3.63, 3.8) is 0 Å². The first-order chi connectivity index (χ1) is 17.3. The summed E-state index contributed by atoms with van der Waals surface area (Å²) in [5.74, 6) is -2.26. The van der Waals surface area contributed by atoms with Gasteiger partial charge < -0.3 is 26.0 Å². The van der Waals surface area contributed by atoms with Crippen LogP contribution in [0.2, 0.25) is 0 Å². The lowest BCUT2D eigenvalue weighted by atomic mass is 10.00. The molecule has 0 aromatic heterocycles. The normalized spacial score (nSPS) is 12.4. The molecule has 0 saturated carbocycles. The highest BCUT2D eigenvalue weighted by atomic mass is 16.6. The van der Waals surface area contributed by atoms with Crippen LogP contribution in [0.4, 0.5) is 10.5 Å². The highest BCUT2D eigenvalue weighted by Gasteiger charge is 2.37. The molecule has 37 heavy (non-hydrogen) atoms. The van der Waals surface area contributed by atoms with Crippen LogP contribution in [0.3, 0.4) is 0 Å². The van der Waals surface area contributed by atoms with Crippen molar-refractivity contribution < 1.29 is 23.9 Å². The second kappa shape index (κ2) is 12.5. The Balaban J connectivity index is 2.52. The number of benzene rings is 2. The largest absolute Gasteiger partial charge is 0.444 e. The number of hydrogen-bond acceptors (Lipinski definition) is 6. The average Bonchev–Trinajstić information content (AvgIpc) is 2.78. The number of anilines is 1. The molecule has 196 valence electrons. The fourth-order valence-corrected chi connectivity index (χ4v) is 3.65. The van der Waals surface area contributed by atoms with E-state index < -0.39 is 54.5 Å². The molecule has 4 amide bonds. The van der Waals surface area contributed by atoms with E-state index in [1.807, 2.05) is 38.1 Å². The first-order valence-electron chi connectivity index (χ1n) is 11.7. The highest BCUT2D eigenvalue weighted by Crippen LogP contribution is 2.26. The summed E-state index contributed by atoms with van der Waals surface area (Å²) >= 11 is 0. The molecule has 0 saturated heterocycles. The van der Waals surface area contributed by atoms with Crippen LogP contribution in [0.15, 0.2) is 48.5 Å². The lowest BCUT2D eigenvalue weighted by Crippen LogP contribution is -2.53. The summed E-state index contributed by atoms with van der Waals surface area (Å²) < 4.78 is 5.22. The van der Waals surface area contributed by atoms with E-state index in [0.29, 0.717) is 11.3 Å². The van der Waals surface area contributed by atoms with Crippen LogP contribution in [0.1, 0.15) is 49.9 Å². The molecule has 10 nitrogen and oxygen atoms in total. The topological polar surface area (TPSA) is 155 Å². The van der Waals surface area contributed by atoms with Gasteiger partial charge in [0.05, 0.1) is 12.5 Å². The van der Waals surface area contributed by atoms with E-state index in [1.165, 1.54) is 0 Å². The molecule has 0 aliphatic rings. The number of para-hydroxylation sites is 1. The van der Waals surface area contributed by atoms with E-state index in [4.69, 9.17) is 10.5 Å². The molecule has 2 atom stereocenters. The molecular formula is C27H33N5O5. The summed E-state index contributed by atoms with van der Waals surface area (Å²) in [6.45, 7) is 8.08. The maximum absolute atomic E-state index is 13.7. The van der Waals surface area contributed by atoms with Crippen molar-refractivity contribution in [2.45, 2.75) is 58.7 Å². The summed E-state index contributed by atoms with van der Waals surface area (Å²) in [5.41, 5.74) is 7.10. The zero-order valence-electron chi connectivity index (χ0n) is 21.7. The number of nitrogens with one attached hydrogen (secondary N) is 2. The Morgan fingerprint density at radius 2 is 1.76 bits per heavy atom. The van der Waals surface area contributed by atoms with Gasteiger partial charge in [-0.3, -0.25) is 14.4 Å². The maximum Gasteiger partial charge on any atom is 0.408 e. The van der Waals surface area contributed by atoms with Crippen molar-refractivity contribution in [3.05, 3.63) is 65.2 Å². The Labute approximate surface area is 216 Å². The van der Waals surface area contributed by atoms with Crippen molar-refractivity contribution in [1.82, 2.24) is 10.2 Å². The predicted octanol–water partition coefficient (Wildman–Crippen LogP) is 3.10. The molecule has 2 rings (SSSR count). The van der Waals surface area contributed by atoms with Crippen molar-refractivity contribution >= 4 is 29.5 Å². The second-order valence-corrected chi connectivity index (χ2v) is 9.61.